The Morgan fingerprint density at radius 2 is 1.07 bits per heavy atom. The topological polar surface area (TPSA) is 0 Å². The summed E-state index contributed by atoms with van der Waals surface area (Å²) in [5, 5.41) is 0.977. The van der Waals surface area contributed by atoms with Gasteiger partial charge in [-0.05, 0) is 159 Å². The van der Waals surface area contributed by atoms with Crippen molar-refractivity contribution in [1.82, 2.24) is 0 Å². The van der Waals surface area contributed by atoms with Crippen LogP contribution in [0, 0.1) is 53.3 Å². The summed E-state index contributed by atoms with van der Waals surface area (Å²) in [5.74, 6) is 7.02. The smallest absolute Gasteiger partial charge is 0.0409 e. The van der Waals surface area contributed by atoms with E-state index in [-0.39, 0.29) is 0 Å². The largest absolute Gasteiger partial charge is 0.0843 e. The number of hydrogen-bond donors (Lipinski definition) is 0. The summed E-state index contributed by atoms with van der Waals surface area (Å²) in [6, 6.07) is 6.90. The second-order valence-electron chi connectivity index (χ2n) is 13.0. The van der Waals surface area contributed by atoms with Crippen LogP contribution in [0.5, 0.6) is 0 Å². The van der Waals surface area contributed by atoms with E-state index in [1.165, 1.54) is 5.56 Å². The Balaban J connectivity index is 1.40. The molecule has 0 aliphatic heterocycles. The monoisotopic (exact) mass is 408 g/mol. The molecule has 8 saturated carbocycles. The van der Waals surface area contributed by atoms with Gasteiger partial charge in [0.05, 0.1) is 0 Å². The maximum absolute atomic E-state index is 6.68. The second-order valence-corrected chi connectivity index (χ2v) is 13.4. The lowest BCUT2D eigenvalue weighted by atomic mass is 9.37. The lowest BCUT2D eigenvalue weighted by Gasteiger charge is -2.67. The van der Waals surface area contributed by atoms with Gasteiger partial charge >= 0.3 is 0 Å². The quantitative estimate of drug-likeness (QED) is 0.473. The lowest BCUT2D eigenvalue weighted by molar-refractivity contribution is -0.144. The van der Waals surface area contributed by atoms with Gasteiger partial charge in [-0.2, -0.15) is 0 Å². The first-order chi connectivity index (χ1) is 14.0. The first-order valence-electron chi connectivity index (χ1n) is 12.8. The Morgan fingerprint density at radius 3 is 1.45 bits per heavy atom. The Morgan fingerprint density at radius 1 is 0.690 bits per heavy atom. The van der Waals surface area contributed by atoms with Gasteiger partial charge in [-0.1, -0.05) is 17.7 Å². The van der Waals surface area contributed by atoms with E-state index in [1.807, 2.05) is 0 Å². The van der Waals surface area contributed by atoms with Crippen molar-refractivity contribution in [2.24, 2.45) is 46.3 Å². The van der Waals surface area contributed by atoms with Gasteiger partial charge in [0.2, 0.25) is 0 Å². The van der Waals surface area contributed by atoms with Crippen LogP contribution in [-0.4, -0.2) is 0 Å². The zero-order valence-electron chi connectivity index (χ0n) is 18.1. The van der Waals surface area contributed by atoms with Crippen LogP contribution in [0.15, 0.2) is 18.2 Å². The third kappa shape index (κ3) is 2.63. The molecule has 1 aromatic carbocycles. The summed E-state index contributed by atoms with van der Waals surface area (Å²) < 4.78 is 0. The molecule has 9 rings (SSSR count). The molecule has 0 amide bonds. The van der Waals surface area contributed by atoms with Crippen LogP contribution in [-0.2, 0) is 0 Å². The van der Waals surface area contributed by atoms with Gasteiger partial charge in [-0.3, -0.25) is 0 Å². The van der Waals surface area contributed by atoms with Crippen LogP contribution in [0.25, 0.3) is 0 Å². The molecule has 8 fully saturated rings. The molecule has 0 heterocycles. The van der Waals surface area contributed by atoms with Crippen molar-refractivity contribution in [2.45, 2.75) is 89.9 Å². The summed E-state index contributed by atoms with van der Waals surface area (Å²) in [7, 11) is 0. The van der Waals surface area contributed by atoms with E-state index in [0.29, 0.717) is 10.8 Å². The van der Waals surface area contributed by atoms with Crippen molar-refractivity contribution in [3.8, 4) is 0 Å². The van der Waals surface area contributed by atoms with E-state index in [1.54, 1.807) is 82.6 Å². The lowest BCUT2D eigenvalue weighted by Crippen LogP contribution is -2.57. The second kappa shape index (κ2) is 6.05. The Labute approximate surface area is 182 Å². The average molecular weight is 409 g/mol. The van der Waals surface area contributed by atoms with Crippen LogP contribution in [0.4, 0.5) is 0 Å². The van der Waals surface area contributed by atoms with Gasteiger partial charge in [-0.15, -0.1) is 0 Å². The van der Waals surface area contributed by atoms with Crippen LogP contribution in [0.1, 0.15) is 94.1 Å². The number of aryl methyl sites for hydroxylation is 1. The fourth-order valence-corrected chi connectivity index (χ4v) is 11.5. The minimum absolute atomic E-state index is 0.593. The van der Waals surface area contributed by atoms with E-state index >= 15 is 0 Å². The van der Waals surface area contributed by atoms with E-state index in [0.717, 1.165) is 46.4 Å². The molecule has 0 saturated heterocycles. The molecule has 0 nitrogen and oxygen atoms in total. The minimum atomic E-state index is 0.593. The minimum Gasteiger partial charge on any atom is -0.0843 e. The highest BCUT2D eigenvalue weighted by molar-refractivity contribution is 6.30. The first kappa shape index (κ1) is 18.1. The molecule has 8 bridgehead atoms. The van der Waals surface area contributed by atoms with Crippen LogP contribution >= 0.6 is 11.6 Å². The summed E-state index contributed by atoms with van der Waals surface area (Å²) in [6.07, 6.45) is 18.6. The van der Waals surface area contributed by atoms with Crippen LogP contribution in [0.3, 0.4) is 0 Å². The van der Waals surface area contributed by atoms with Crippen molar-refractivity contribution in [3.63, 3.8) is 0 Å². The third-order valence-electron chi connectivity index (χ3n) is 10.9. The molecular formula is C28H37Cl. The maximum atomic E-state index is 6.68. The van der Waals surface area contributed by atoms with Crippen molar-refractivity contribution < 1.29 is 0 Å². The molecule has 0 aromatic heterocycles. The summed E-state index contributed by atoms with van der Waals surface area (Å²) >= 11 is 6.68. The predicted molar refractivity (Wildman–Crippen MR) is 120 cm³/mol. The molecule has 8 aliphatic carbocycles. The van der Waals surface area contributed by atoms with Crippen LogP contribution < -0.4 is 0 Å². The van der Waals surface area contributed by atoms with Crippen molar-refractivity contribution in [2.75, 3.05) is 0 Å². The predicted octanol–water partition coefficient (Wildman–Crippen LogP) is 8.16. The summed E-state index contributed by atoms with van der Waals surface area (Å²) in [4.78, 5) is 0. The van der Waals surface area contributed by atoms with Crippen molar-refractivity contribution in [3.05, 3.63) is 34.3 Å². The van der Waals surface area contributed by atoms with E-state index < -0.39 is 0 Å². The molecule has 0 spiro atoms. The number of rotatable bonds is 3. The fraction of sp³-hybridized carbons (Fsp3) is 0.786. The summed E-state index contributed by atoms with van der Waals surface area (Å²) in [6.45, 7) is 2.39. The SMILES string of the molecule is Cc1ccc(Cl)cc1C(C12CC3CC(CC(C3)C1)C2)C12CC3CC(CC(C3)C1)C2. The van der Waals surface area contributed by atoms with E-state index in [4.69, 9.17) is 11.6 Å². The van der Waals surface area contributed by atoms with Gasteiger partial charge < -0.3 is 0 Å². The van der Waals surface area contributed by atoms with Gasteiger partial charge in [0.1, 0.15) is 0 Å². The Kier molecular flexibility index (Phi) is 3.78. The number of hydrogen-bond acceptors (Lipinski definition) is 0. The molecule has 0 unspecified atom stereocenters. The van der Waals surface area contributed by atoms with Crippen molar-refractivity contribution in [1.29, 1.82) is 0 Å². The van der Waals surface area contributed by atoms with Gasteiger partial charge in [0, 0.05) is 5.02 Å². The molecule has 1 aromatic rings. The average Bonchev–Trinajstić information content (AvgIpc) is 2.62. The van der Waals surface area contributed by atoms with Gasteiger partial charge in [0.15, 0.2) is 0 Å². The highest BCUT2D eigenvalue weighted by Crippen LogP contribution is 2.74. The van der Waals surface area contributed by atoms with Gasteiger partial charge in [-0.25, -0.2) is 0 Å². The Hall–Kier alpha value is -0.490. The number of benzene rings is 1. The highest BCUT2D eigenvalue weighted by atomic mass is 35.5. The summed E-state index contributed by atoms with van der Waals surface area (Å²) in [5.41, 5.74) is 4.40. The molecular weight excluding hydrogens is 372 g/mol. The van der Waals surface area contributed by atoms with E-state index in [9.17, 15) is 0 Å². The molecule has 0 atom stereocenters. The highest BCUT2D eigenvalue weighted by Gasteiger charge is 2.63. The van der Waals surface area contributed by atoms with Crippen molar-refractivity contribution >= 4 is 11.6 Å². The maximum Gasteiger partial charge on any atom is 0.0409 e. The van der Waals surface area contributed by atoms with Gasteiger partial charge in [0.25, 0.3) is 0 Å². The standard InChI is InChI=1S/C28H37Cl/c1-17-2-3-24(29)10-25(17)26(27-11-18-4-19(12-27)6-20(5-18)13-27)28-14-21-7-22(15-28)9-23(8-21)16-28/h2-3,10,18-23,26H,4-9,11-16H2,1H3. The molecule has 1 heteroatoms. The molecule has 0 radical (unpaired) electrons. The fourth-order valence-electron chi connectivity index (χ4n) is 11.3. The normalized spacial score (nSPS) is 50.3. The molecule has 156 valence electrons. The molecule has 8 aliphatic rings. The number of halogens is 1. The Bertz CT molecular complexity index is 720. The molecule has 29 heavy (non-hydrogen) atoms. The zero-order chi connectivity index (χ0) is 19.4. The van der Waals surface area contributed by atoms with E-state index in [2.05, 4.69) is 25.1 Å². The van der Waals surface area contributed by atoms with Crippen LogP contribution in [0.2, 0.25) is 5.02 Å². The first-order valence-corrected chi connectivity index (χ1v) is 13.1. The molecule has 0 N–H and O–H groups in total. The third-order valence-corrected chi connectivity index (χ3v) is 11.2. The zero-order valence-corrected chi connectivity index (χ0v) is 18.9.